The third-order valence-electron chi connectivity index (χ3n) is 1.93. The van der Waals surface area contributed by atoms with Crippen LogP contribution in [-0.4, -0.2) is 21.4 Å². The van der Waals surface area contributed by atoms with Gasteiger partial charge in [0, 0.05) is 18.4 Å². The standard InChI is InChI=1S/C9H15NO2/c1-2-9(12)8-4-3-5-10(8)6-7-11/h3-5,9,11-12H,2,6-7H2,1H3. The largest absolute Gasteiger partial charge is 0.395 e. The van der Waals surface area contributed by atoms with E-state index in [1.807, 2.05) is 29.8 Å². The van der Waals surface area contributed by atoms with Crippen LogP contribution in [0.2, 0.25) is 0 Å². The van der Waals surface area contributed by atoms with E-state index in [1.54, 1.807) is 0 Å². The van der Waals surface area contributed by atoms with Gasteiger partial charge in [-0.15, -0.1) is 0 Å². The van der Waals surface area contributed by atoms with Crippen molar-refractivity contribution in [2.45, 2.75) is 26.0 Å². The lowest BCUT2D eigenvalue weighted by Crippen LogP contribution is -2.08. The number of hydrogen-bond donors (Lipinski definition) is 2. The minimum atomic E-state index is -0.411. The molecular formula is C9H15NO2. The second-order valence-electron chi connectivity index (χ2n) is 2.77. The average Bonchev–Trinajstić information content (AvgIpc) is 2.52. The second kappa shape index (κ2) is 4.28. The van der Waals surface area contributed by atoms with Crippen LogP contribution in [-0.2, 0) is 6.54 Å². The minimum Gasteiger partial charge on any atom is -0.395 e. The first-order chi connectivity index (χ1) is 5.79. The monoisotopic (exact) mass is 169 g/mol. The van der Waals surface area contributed by atoms with Crippen molar-refractivity contribution in [1.82, 2.24) is 4.57 Å². The van der Waals surface area contributed by atoms with Gasteiger partial charge in [-0.25, -0.2) is 0 Å². The summed E-state index contributed by atoms with van der Waals surface area (Å²) in [7, 11) is 0. The quantitative estimate of drug-likeness (QED) is 0.704. The molecule has 3 heteroatoms. The van der Waals surface area contributed by atoms with Crippen molar-refractivity contribution in [3.8, 4) is 0 Å². The Kier molecular flexibility index (Phi) is 3.31. The molecule has 1 atom stereocenters. The lowest BCUT2D eigenvalue weighted by atomic mass is 10.2. The van der Waals surface area contributed by atoms with Crippen molar-refractivity contribution in [1.29, 1.82) is 0 Å². The van der Waals surface area contributed by atoms with Crippen molar-refractivity contribution in [2.24, 2.45) is 0 Å². The maximum atomic E-state index is 9.52. The molecule has 2 N–H and O–H groups in total. The number of rotatable bonds is 4. The molecule has 0 radical (unpaired) electrons. The molecular weight excluding hydrogens is 154 g/mol. The molecule has 1 heterocycles. The summed E-state index contributed by atoms with van der Waals surface area (Å²) >= 11 is 0. The highest BCUT2D eigenvalue weighted by atomic mass is 16.3. The fourth-order valence-corrected chi connectivity index (χ4v) is 1.25. The van der Waals surface area contributed by atoms with Gasteiger partial charge in [0.2, 0.25) is 0 Å². The first-order valence-corrected chi connectivity index (χ1v) is 4.23. The minimum absolute atomic E-state index is 0.109. The summed E-state index contributed by atoms with van der Waals surface area (Å²) in [5.41, 5.74) is 0.881. The molecule has 0 aromatic carbocycles. The number of aliphatic hydroxyl groups is 2. The lowest BCUT2D eigenvalue weighted by Gasteiger charge is -2.11. The summed E-state index contributed by atoms with van der Waals surface area (Å²) in [6, 6.07) is 3.76. The number of hydrogen-bond acceptors (Lipinski definition) is 2. The van der Waals surface area contributed by atoms with Crippen LogP contribution in [0, 0.1) is 0 Å². The van der Waals surface area contributed by atoms with Crippen molar-refractivity contribution in [3.05, 3.63) is 24.0 Å². The van der Waals surface area contributed by atoms with Crippen LogP contribution in [0.1, 0.15) is 25.1 Å². The zero-order valence-corrected chi connectivity index (χ0v) is 7.27. The topological polar surface area (TPSA) is 45.4 Å². The number of nitrogens with zero attached hydrogens (tertiary/aromatic N) is 1. The SMILES string of the molecule is CCC(O)c1cccn1CCO. The molecule has 12 heavy (non-hydrogen) atoms. The van der Waals surface area contributed by atoms with Crippen molar-refractivity contribution in [3.63, 3.8) is 0 Å². The predicted molar refractivity (Wildman–Crippen MR) is 46.8 cm³/mol. The van der Waals surface area contributed by atoms with E-state index in [1.165, 1.54) is 0 Å². The third-order valence-corrected chi connectivity index (χ3v) is 1.93. The smallest absolute Gasteiger partial charge is 0.0937 e. The fraction of sp³-hybridized carbons (Fsp3) is 0.556. The van der Waals surface area contributed by atoms with Crippen LogP contribution in [0.5, 0.6) is 0 Å². The van der Waals surface area contributed by atoms with Crippen LogP contribution in [0.25, 0.3) is 0 Å². The molecule has 1 unspecified atom stereocenters. The molecule has 0 aliphatic rings. The maximum absolute atomic E-state index is 9.52. The number of aliphatic hydroxyl groups excluding tert-OH is 2. The van der Waals surface area contributed by atoms with Gasteiger partial charge in [0.05, 0.1) is 12.7 Å². The normalized spacial score (nSPS) is 13.2. The Labute approximate surface area is 72.3 Å². The summed E-state index contributed by atoms with van der Waals surface area (Å²) in [5, 5.41) is 18.2. The molecule has 0 aliphatic heterocycles. The Bertz CT molecular complexity index is 232. The Morgan fingerprint density at radius 1 is 1.58 bits per heavy atom. The second-order valence-corrected chi connectivity index (χ2v) is 2.77. The molecule has 0 saturated carbocycles. The van der Waals surface area contributed by atoms with Gasteiger partial charge in [-0.3, -0.25) is 0 Å². The highest BCUT2D eigenvalue weighted by Crippen LogP contribution is 2.16. The van der Waals surface area contributed by atoms with Gasteiger partial charge in [-0.1, -0.05) is 6.92 Å². The molecule has 3 nitrogen and oxygen atoms in total. The van der Waals surface area contributed by atoms with Crippen molar-refractivity contribution in [2.75, 3.05) is 6.61 Å². The van der Waals surface area contributed by atoms with E-state index in [0.717, 1.165) is 5.69 Å². The summed E-state index contributed by atoms with van der Waals surface area (Å²) in [6.07, 6.45) is 2.16. The van der Waals surface area contributed by atoms with Gasteiger partial charge in [-0.05, 0) is 18.6 Å². The van der Waals surface area contributed by atoms with Crippen LogP contribution < -0.4 is 0 Å². The predicted octanol–water partition coefficient (Wildman–Crippen LogP) is 0.924. The summed E-state index contributed by atoms with van der Waals surface area (Å²) in [6.45, 7) is 2.60. The first-order valence-electron chi connectivity index (χ1n) is 4.23. The Morgan fingerprint density at radius 2 is 2.33 bits per heavy atom. The van der Waals surface area contributed by atoms with Gasteiger partial charge in [0.25, 0.3) is 0 Å². The molecule has 68 valence electrons. The maximum Gasteiger partial charge on any atom is 0.0937 e. The van der Waals surface area contributed by atoms with Gasteiger partial charge in [0.15, 0.2) is 0 Å². The molecule has 0 aliphatic carbocycles. The van der Waals surface area contributed by atoms with Crippen molar-refractivity contribution < 1.29 is 10.2 Å². The van der Waals surface area contributed by atoms with E-state index in [4.69, 9.17) is 5.11 Å². The summed E-state index contributed by atoms with van der Waals surface area (Å²) < 4.78 is 1.87. The molecule has 1 rings (SSSR count). The Hall–Kier alpha value is -0.800. The van der Waals surface area contributed by atoms with E-state index in [9.17, 15) is 5.11 Å². The average molecular weight is 169 g/mol. The highest BCUT2D eigenvalue weighted by molar-refractivity contribution is 5.09. The molecule has 0 saturated heterocycles. The third kappa shape index (κ3) is 1.87. The zero-order valence-electron chi connectivity index (χ0n) is 7.27. The van der Waals surface area contributed by atoms with E-state index in [2.05, 4.69) is 0 Å². The molecule has 1 aromatic heterocycles. The lowest BCUT2D eigenvalue weighted by molar-refractivity contribution is 0.161. The summed E-state index contributed by atoms with van der Waals surface area (Å²) in [4.78, 5) is 0. The van der Waals surface area contributed by atoms with Crippen LogP contribution >= 0.6 is 0 Å². The van der Waals surface area contributed by atoms with Crippen molar-refractivity contribution >= 4 is 0 Å². The van der Waals surface area contributed by atoms with Crippen LogP contribution in [0.15, 0.2) is 18.3 Å². The van der Waals surface area contributed by atoms with Gasteiger partial charge >= 0.3 is 0 Å². The highest BCUT2D eigenvalue weighted by Gasteiger charge is 2.08. The molecule has 1 aromatic rings. The summed E-state index contributed by atoms with van der Waals surface area (Å²) in [5.74, 6) is 0. The van der Waals surface area contributed by atoms with E-state index >= 15 is 0 Å². The zero-order chi connectivity index (χ0) is 8.97. The molecule has 0 spiro atoms. The van der Waals surface area contributed by atoms with E-state index < -0.39 is 6.10 Å². The van der Waals surface area contributed by atoms with E-state index in [-0.39, 0.29) is 6.61 Å². The van der Waals surface area contributed by atoms with Crippen LogP contribution in [0.3, 0.4) is 0 Å². The molecule has 0 bridgehead atoms. The molecule has 0 amide bonds. The number of aromatic nitrogens is 1. The first kappa shape index (κ1) is 9.29. The van der Waals surface area contributed by atoms with Gasteiger partial charge in [0.1, 0.15) is 0 Å². The van der Waals surface area contributed by atoms with Gasteiger partial charge in [-0.2, -0.15) is 0 Å². The van der Waals surface area contributed by atoms with E-state index in [0.29, 0.717) is 13.0 Å². The fourth-order valence-electron chi connectivity index (χ4n) is 1.25. The molecule has 0 fully saturated rings. The van der Waals surface area contributed by atoms with Crippen LogP contribution in [0.4, 0.5) is 0 Å². The van der Waals surface area contributed by atoms with Gasteiger partial charge < -0.3 is 14.8 Å². The Morgan fingerprint density at radius 3 is 2.92 bits per heavy atom. The Balaban J connectivity index is 2.76.